The Morgan fingerprint density at radius 3 is 1.94 bits per heavy atom. The summed E-state index contributed by atoms with van der Waals surface area (Å²) >= 11 is 0. The fourth-order valence-corrected chi connectivity index (χ4v) is 9.76. The van der Waals surface area contributed by atoms with Crippen LogP contribution in [0.15, 0.2) is 72.1 Å². The number of nitrogens with zero attached hydrogens (tertiary/aromatic N) is 3. The Labute approximate surface area is 458 Å². The first-order chi connectivity index (χ1) is 37.7. The summed E-state index contributed by atoms with van der Waals surface area (Å²) < 4.78 is 0. The normalized spacial score (nSPS) is 17.1. The van der Waals surface area contributed by atoms with E-state index in [9.17, 15) is 58.5 Å². The molecule has 7 amide bonds. The van der Waals surface area contributed by atoms with Gasteiger partial charge in [-0.1, -0.05) is 88.4 Å². The van der Waals surface area contributed by atoms with Gasteiger partial charge >= 0.3 is 11.9 Å². The number of imidazole rings is 1. The molecule has 2 aromatic carbocycles. The van der Waals surface area contributed by atoms with Gasteiger partial charge in [0.1, 0.15) is 48.0 Å². The lowest BCUT2D eigenvalue weighted by Crippen LogP contribution is -2.61. The van der Waals surface area contributed by atoms with E-state index in [1.165, 1.54) is 41.7 Å². The smallest absolute Gasteiger partial charge is 0.326 e. The zero-order chi connectivity index (χ0) is 57.6. The van der Waals surface area contributed by atoms with E-state index in [2.05, 4.69) is 46.9 Å². The molecule has 0 spiro atoms. The van der Waals surface area contributed by atoms with Gasteiger partial charge in [0.2, 0.25) is 41.4 Å². The number of aromatic nitrogens is 2. The number of aliphatic carboxylic acids is 2. The third-order valence-corrected chi connectivity index (χ3v) is 14.1. The van der Waals surface area contributed by atoms with Crippen LogP contribution in [0.3, 0.4) is 0 Å². The summed E-state index contributed by atoms with van der Waals surface area (Å²) in [5, 5.41) is 45.3. The Morgan fingerprint density at radius 2 is 1.30 bits per heavy atom. The molecule has 0 unspecified atom stereocenters. The second-order valence-corrected chi connectivity index (χ2v) is 20.6. The minimum atomic E-state index is -1.58. The van der Waals surface area contributed by atoms with E-state index >= 15 is 0 Å². The van der Waals surface area contributed by atoms with Crippen LogP contribution in [0.25, 0.3) is 0 Å². The summed E-state index contributed by atoms with van der Waals surface area (Å²) in [6, 6.07) is 4.58. The van der Waals surface area contributed by atoms with Crippen molar-refractivity contribution in [3.8, 4) is 5.75 Å². The number of phenols is 1. The van der Waals surface area contributed by atoms with Gasteiger partial charge in [0.05, 0.1) is 12.4 Å². The van der Waals surface area contributed by atoms with Crippen molar-refractivity contribution < 1.29 is 58.5 Å². The number of aromatic hydroxyl groups is 1. The van der Waals surface area contributed by atoms with E-state index in [4.69, 9.17) is 17.2 Å². The Morgan fingerprint density at radius 1 is 0.696 bits per heavy atom. The van der Waals surface area contributed by atoms with E-state index in [0.29, 0.717) is 17.7 Å². The third kappa shape index (κ3) is 20.0. The van der Waals surface area contributed by atoms with Crippen LogP contribution < -0.4 is 49.1 Å². The lowest BCUT2D eigenvalue weighted by atomic mass is 9.84. The van der Waals surface area contributed by atoms with E-state index in [-0.39, 0.29) is 75.7 Å². The number of aliphatic imine (C=N–C) groups is 1. The monoisotopic (exact) mass is 1100 g/mol. The highest BCUT2D eigenvalue weighted by Gasteiger charge is 2.41. The second-order valence-electron chi connectivity index (χ2n) is 20.6. The van der Waals surface area contributed by atoms with Crippen molar-refractivity contribution in [2.75, 3.05) is 13.1 Å². The largest absolute Gasteiger partial charge is 0.508 e. The third-order valence-electron chi connectivity index (χ3n) is 14.1. The van der Waals surface area contributed by atoms with Crippen molar-refractivity contribution >= 4 is 59.2 Å². The van der Waals surface area contributed by atoms with Crippen LogP contribution in [0.5, 0.6) is 5.75 Å². The van der Waals surface area contributed by atoms with Gasteiger partial charge < -0.3 is 74.3 Å². The van der Waals surface area contributed by atoms with Gasteiger partial charge in [0.25, 0.3) is 0 Å². The molecule has 430 valence electrons. The first kappa shape index (κ1) is 61.8. The highest BCUT2D eigenvalue weighted by molar-refractivity contribution is 5.98. The molecular formula is C54H77N13O12. The number of hydrogen-bond donors (Lipinski definition) is 13. The van der Waals surface area contributed by atoms with Crippen LogP contribution in [-0.4, -0.2) is 151 Å². The molecule has 8 atom stereocenters. The molecule has 2 aliphatic rings. The molecule has 3 aromatic rings. The van der Waals surface area contributed by atoms with Gasteiger partial charge in [-0.15, -0.1) is 0 Å². The topological polar surface area (TPSA) is 409 Å². The zero-order valence-corrected chi connectivity index (χ0v) is 44.7. The number of nitrogens with two attached hydrogens (primary N) is 3. The predicted molar refractivity (Wildman–Crippen MR) is 289 cm³/mol. The van der Waals surface area contributed by atoms with Crippen LogP contribution in [-0.2, 0) is 62.4 Å². The molecule has 2 fully saturated rings. The second kappa shape index (κ2) is 30.7. The lowest BCUT2D eigenvalue weighted by Gasteiger charge is -2.33. The minimum absolute atomic E-state index is 0.000161. The molecule has 25 nitrogen and oxygen atoms in total. The fourth-order valence-electron chi connectivity index (χ4n) is 9.76. The summed E-state index contributed by atoms with van der Waals surface area (Å²) in [5.41, 5.74) is 19.0. The van der Waals surface area contributed by atoms with Crippen LogP contribution in [0.4, 0.5) is 0 Å². The molecule has 0 radical (unpaired) electrons. The number of phenolic OH excluding ortho intramolecular Hbond substituents is 1. The summed E-state index contributed by atoms with van der Waals surface area (Å²) in [7, 11) is 0. The van der Waals surface area contributed by atoms with E-state index in [1.807, 2.05) is 30.3 Å². The molecule has 1 aromatic heterocycles. The van der Waals surface area contributed by atoms with Gasteiger partial charge in [0.15, 0.2) is 5.96 Å². The molecule has 16 N–H and O–H groups in total. The number of H-pyrrole nitrogens is 1. The van der Waals surface area contributed by atoms with Gasteiger partial charge in [0, 0.05) is 44.2 Å². The molecule has 79 heavy (non-hydrogen) atoms. The number of rotatable bonds is 30. The van der Waals surface area contributed by atoms with Crippen LogP contribution in [0.2, 0.25) is 0 Å². The fraction of sp³-hybridized carbons (Fsp3) is 0.537. The molecule has 0 bridgehead atoms. The quantitative estimate of drug-likeness (QED) is 0.0237. The number of hydrogen-bond acceptors (Lipinski definition) is 13. The van der Waals surface area contributed by atoms with E-state index in [0.717, 1.165) is 37.7 Å². The van der Waals surface area contributed by atoms with Crippen molar-refractivity contribution in [3.63, 3.8) is 0 Å². The number of aromatic amines is 1. The van der Waals surface area contributed by atoms with Crippen molar-refractivity contribution in [1.82, 2.24) is 46.8 Å². The Bertz CT molecular complexity index is 2560. The van der Waals surface area contributed by atoms with Gasteiger partial charge in [-0.05, 0) is 80.0 Å². The Balaban J connectivity index is 1.33. The highest BCUT2D eigenvalue weighted by atomic mass is 16.4. The number of carbonyl (C=O) groups excluding carboxylic acids is 7. The standard InChI is InChI=1S/C54H77N13O12/c1-31(2)45(66-48(73)38(15-9-23-59-54(56)57)61-46(71)37(55)25-32-11-5-3-6-12-32)52(77)67-24-10-16-43(67)51(76)64-40(26-33-13-7-4-8-14-33)49(74)63-41(28-35-29-58-30-60-35)50(75)62-39(21-22-44(69)70)47(72)65-42(53(78)79)27-34-17-19-36(68)20-18-34/h3,5-6,11-12,17-20,29-31,33,37-43,45,68H,4,7-10,13-16,21-28,55H2,1-2H3,(H,58,60)(H,61,71)(H,62,75)(H,63,74)(H,64,76)(H,65,72)(H,66,73)(H,69,70)(H,78,79)(H4,56,57,59)/t37-,38-,39-,40-,41-,42-,43-,45-/m0/s1. The predicted octanol–water partition coefficient (Wildman–Crippen LogP) is -0.000300. The minimum Gasteiger partial charge on any atom is -0.508 e. The van der Waals surface area contributed by atoms with Gasteiger partial charge in [-0.25, -0.2) is 9.78 Å². The summed E-state index contributed by atoms with van der Waals surface area (Å²) in [5.74, 6) is -8.59. The maximum atomic E-state index is 14.6. The summed E-state index contributed by atoms with van der Waals surface area (Å²) in [4.78, 5) is 136. The molecule has 2 heterocycles. The Kier molecular flexibility index (Phi) is 24.0. The molecule has 1 saturated carbocycles. The molecule has 1 saturated heterocycles. The van der Waals surface area contributed by atoms with Gasteiger partial charge in [-0.3, -0.25) is 43.3 Å². The number of carboxylic acids is 2. The van der Waals surface area contributed by atoms with Crippen molar-refractivity contribution in [3.05, 3.63) is 83.9 Å². The lowest BCUT2D eigenvalue weighted by molar-refractivity contribution is -0.143. The first-order valence-electron chi connectivity index (χ1n) is 26.9. The zero-order valence-electron chi connectivity index (χ0n) is 44.7. The number of benzene rings is 2. The van der Waals surface area contributed by atoms with E-state index < -0.39 is 120 Å². The summed E-state index contributed by atoms with van der Waals surface area (Å²) in [6.07, 6.45) is 6.97. The molecule has 1 aliphatic carbocycles. The van der Waals surface area contributed by atoms with Gasteiger partial charge in [-0.2, -0.15) is 0 Å². The molecule has 1 aliphatic heterocycles. The average molecular weight is 1100 g/mol. The number of nitrogens with one attached hydrogen (secondary N) is 7. The van der Waals surface area contributed by atoms with Crippen LogP contribution >= 0.6 is 0 Å². The number of likely N-dealkylation sites (tertiary alicyclic amines) is 1. The summed E-state index contributed by atoms with van der Waals surface area (Å²) in [6.45, 7) is 3.75. The number of guanidine groups is 1. The molecule has 25 heteroatoms. The number of carbonyl (C=O) groups is 9. The van der Waals surface area contributed by atoms with Crippen LogP contribution in [0, 0.1) is 11.8 Å². The first-order valence-corrected chi connectivity index (χ1v) is 26.9. The average Bonchev–Trinajstić information content (AvgIpc) is 4.13. The highest BCUT2D eigenvalue weighted by Crippen LogP contribution is 2.28. The van der Waals surface area contributed by atoms with Crippen LogP contribution in [0.1, 0.15) is 108 Å². The number of carboxylic acid groups (broad SMARTS) is 2. The molecular weight excluding hydrogens is 1020 g/mol. The molecule has 5 rings (SSSR count). The van der Waals surface area contributed by atoms with Crippen molar-refractivity contribution in [2.45, 2.75) is 158 Å². The maximum Gasteiger partial charge on any atom is 0.326 e. The number of amides is 7. The van der Waals surface area contributed by atoms with Crippen molar-refractivity contribution in [2.24, 2.45) is 34.0 Å². The maximum absolute atomic E-state index is 14.6. The van der Waals surface area contributed by atoms with Crippen molar-refractivity contribution in [1.29, 1.82) is 0 Å². The van der Waals surface area contributed by atoms with E-state index in [1.54, 1.807) is 13.8 Å². The Hall–Kier alpha value is -8.09. The SMILES string of the molecule is CC(C)[C@H](NC(=O)[C@H](CCCN=C(N)N)NC(=O)[C@@H](N)Cc1ccccc1)C(=O)N1CCC[C@H]1C(=O)N[C@@H](CC1CCCCC1)C(=O)N[C@@H](Cc1cnc[nH]1)C(=O)N[C@@H](CCC(=O)O)C(=O)N[C@@H](Cc1ccc(O)cc1)C(=O)O.